The molecule has 1 aromatic carbocycles. The minimum atomic E-state index is -0.159. The Kier molecular flexibility index (Phi) is 3.96. The van der Waals surface area contributed by atoms with Gasteiger partial charge in [0.2, 0.25) is 0 Å². The second-order valence-corrected chi connectivity index (χ2v) is 3.48. The van der Waals surface area contributed by atoms with Crippen LogP contribution < -0.4 is 4.74 Å². The maximum atomic E-state index is 10.7. The number of hydrogen-bond acceptors (Lipinski definition) is 2. The topological polar surface area (TPSA) is 26.3 Å². The van der Waals surface area contributed by atoms with Gasteiger partial charge in [0.05, 0.1) is 6.61 Å². The first-order valence-electron chi connectivity index (χ1n) is 4.56. The Bertz CT molecular complexity index is 323. The van der Waals surface area contributed by atoms with Crippen LogP contribution in [0.1, 0.15) is 25.3 Å². The van der Waals surface area contributed by atoms with Crippen LogP contribution in [0.15, 0.2) is 18.2 Å². The number of carbonyl (C=O) groups excluding carboxylic acids is 1. The predicted molar refractivity (Wildman–Crippen MR) is 57.1 cm³/mol. The molecule has 1 atom stereocenters. The van der Waals surface area contributed by atoms with Gasteiger partial charge in [0.1, 0.15) is 12.0 Å². The van der Waals surface area contributed by atoms with Crippen molar-refractivity contribution >= 4 is 17.9 Å². The Hall–Kier alpha value is -1.02. The van der Waals surface area contributed by atoms with Gasteiger partial charge >= 0.3 is 0 Å². The van der Waals surface area contributed by atoms with Crippen LogP contribution in [0.25, 0.3) is 0 Å². The van der Waals surface area contributed by atoms with Gasteiger partial charge in [-0.05, 0) is 19.1 Å². The Morgan fingerprint density at radius 1 is 1.57 bits per heavy atom. The summed E-state index contributed by atoms with van der Waals surface area (Å²) in [5.41, 5.74) is 0.881. The van der Waals surface area contributed by atoms with Crippen LogP contribution >= 0.6 is 11.6 Å². The molecule has 1 unspecified atom stereocenters. The lowest BCUT2D eigenvalue weighted by Crippen LogP contribution is -2.01. The summed E-state index contributed by atoms with van der Waals surface area (Å²) in [5.74, 6) is 0.536. The van der Waals surface area contributed by atoms with Gasteiger partial charge in [-0.1, -0.05) is 24.6 Å². The number of halogens is 1. The highest BCUT2D eigenvalue weighted by Crippen LogP contribution is 2.28. The van der Waals surface area contributed by atoms with Crippen molar-refractivity contribution < 1.29 is 9.53 Å². The largest absolute Gasteiger partial charge is 0.494 e. The van der Waals surface area contributed by atoms with Gasteiger partial charge in [-0.25, -0.2) is 0 Å². The molecular formula is C11H13ClO2. The minimum Gasteiger partial charge on any atom is -0.494 e. The SMILES string of the molecule is CCOc1cc(Cl)ccc1C(C)C=O. The van der Waals surface area contributed by atoms with Gasteiger partial charge in [-0.15, -0.1) is 0 Å². The summed E-state index contributed by atoms with van der Waals surface area (Å²) in [6, 6.07) is 5.33. The molecule has 0 fully saturated rings. The van der Waals surface area contributed by atoms with E-state index in [1.807, 2.05) is 19.9 Å². The van der Waals surface area contributed by atoms with Gasteiger partial charge in [0.15, 0.2) is 0 Å². The van der Waals surface area contributed by atoms with E-state index in [0.717, 1.165) is 11.8 Å². The van der Waals surface area contributed by atoms with Crippen molar-refractivity contribution in [1.29, 1.82) is 0 Å². The molecule has 0 spiro atoms. The average Bonchev–Trinajstić information content (AvgIpc) is 2.17. The third kappa shape index (κ3) is 2.48. The van der Waals surface area contributed by atoms with Crippen molar-refractivity contribution in [2.24, 2.45) is 0 Å². The van der Waals surface area contributed by atoms with E-state index in [1.54, 1.807) is 12.1 Å². The molecule has 0 bridgehead atoms. The summed E-state index contributed by atoms with van der Waals surface area (Å²) >= 11 is 5.83. The van der Waals surface area contributed by atoms with Crippen molar-refractivity contribution in [2.45, 2.75) is 19.8 Å². The molecule has 0 amide bonds. The number of carbonyl (C=O) groups is 1. The molecule has 0 saturated carbocycles. The summed E-state index contributed by atoms with van der Waals surface area (Å²) in [5, 5.41) is 0.621. The molecule has 0 radical (unpaired) electrons. The Morgan fingerprint density at radius 3 is 2.86 bits per heavy atom. The Morgan fingerprint density at radius 2 is 2.29 bits per heavy atom. The van der Waals surface area contributed by atoms with Gasteiger partial charge in [0, 0.05) is 16.5 Å². The molecule has 0 N–H and O–H groups in total. The molecule has 0 aliphatic rings. The molecule has 0 aliphatic carbocycles. The van der Waals surface area contributed by atoms with Crippen LogP contribution in [-0.2, 0) is 4.79 Å². The molecule has 76 valence electrons. The van der Waals surface area contributed by atoms with Crippen LogP contribution in [0.4, 0.5) is 0 Å². The average molecular weight is 213 g/mol. The number of benzene rings is 1. The third-order valence-electron chi connectivity index (χ3n) is 1.97. The minimum absolute atomic E-state index is 0.159. The van der Waals surface area contributed by atoms with Gasteiger partial charge in [0.25, 0.3) is 0 Å². The molecule has 14 heavy (non-hydrogen) atoms. The molecule has 2 nitrogen and oxygen atoms in total. The van der Waals surface area contributed by atoms with E-state index >= 15 is 0 Å². The van der Waals surface area contributed by atoms with E-state index < -0.39 is 0 Å². The Balaban J connectivity index is 3.07. The van der Waals surface area contributed by atoms with Crippen LogP contribution in [0.3, 0.4) is 0 Å². The molecular weight excluding hydrogens is 200 g/mol. The molecule has 0 saturated heterocycles. The van der Waals surface area contributed by atoms with Crippen LogP contribution in [0, 0.1) is 0 Å². The van der Waals surface area contributed by atoms with Crippen LogP contribution in [0.2, 0.25) is 5.02 Å². The first kappa shape index (κ1) is 11.1. The highest BCUT2D eigenvalue weighted by atomic mass is 35.5. The number of hydrogen-bond donors (Lipinski definition) is 0. The number of rotatable bonds is 4. The molecule has 0 aliphatic heterocycles. The zero-order valence-corrected chi connectivity index (χ0v) is 9.04. The summed E-state index contributed by atoms with van der Waals surface area (Å²) in [4.78, 5) is 10.7. The standard InChI is InChI=1S/C11H13ClO2/c1-3-14-11-6-9(12)4-5-10(11)8(2)7-13/h4-8H,3H2,1-2H3. The Labute approximate surface area is 88.8 Å². The second-order valence-electron chi connectivity index (χ2n) is 3.04. The molecule has 1 rings (SSSR count). The second kappa shape index (κ2) is 5.01. The predicted octanol–water partition coefficient (Wildman–Crippen LogP) is 3.04. The third-order valence-corrected chi connectivity index (χ3v) is 2.21. The van der Waals surface area contributed by atoms with Gasteiger partial charge in [-0.2, -0.15) is 0 Å². The smallest absolute Gasteiger partial charge is 0.127 e. The first-order chi connectivity index (χ1) is 6.69. The van der Waals surface area contributed by atoms with E-state index in [9.17, 15) is 4.79 Å². The molecule has 0 aromatic heterocycles. The van der Waals surface area contributed by atoms with Crippen molar-refractivity contribution in [2.75, 3.05) is 6.61 Å². The first-order valence-corrected chi connectivity index (χ1v) is 4.94. The van der Waals surface area contributed by atoms with Crippen molar-refractivity contribution in [1.82, 2.24) is 0 Å². The highest BCUT2D eigenvalue weighted by molar-refractivity contribution is 6.30. The molecule has 1 aromatic rings. The van der Waals surface area contributed by atoms with E-state index in [1.165, 1.54) is 0 Å². The maximum Gasteiger partial charge on any atom is 0.127 e. The molecule has 0 heterocycles. The van der Waals surface area contributed by atoms with Gasteiger partial charge < -0.3 is 9.53 Å². The lowest BCUT2D eigenvalue weighted by Gasteiger charge is -2.12. The summed E-state index contributed by atoms with van der Waals surface area (Å²) in [6.45, 7) is 4.30. The van der Waals surface area contributed by atoms with Crippen molar-refractivity contribution in [3.05, 3.63) is 28.8 Å². The zero-order chi connectivity index (χ0) is 10.6. The fraction of sp³-hybridized carbons (Fsp3) is 0.364. The monoisotopic (exact) mass is 212 g/mol. The highest BCUT2D eigenvalue weighted by Gasteiger charge is 2.10. The fourth-order valence-corrected chi connectivity index (χ4v) is 1.40. The lowest BCUT2D eigenvalue weighted by molar-refractivity contribution is -0.108. The summed E-state index contributed by atoms with van der Waals surface area (Å²) in [7, 11) is 0. The van der Waals surface area contributed by atoms with Crippen LogP contribution in [-0.4, -0.2) is 12.9 Å². The number of ether oxygens (including phenoxy) is 1. The van der Waals surface area contributed by atoms with E-state index in [0.29, 0.717) is 17.4 Å². The quantitative estimate of drug-likeness (QED) is 0.718. The maximum absolute atomic E-state index is 10.7. The summed E-state index contributed by atoms with van der Waals surface area (Å²) in [6.07, 6.45) is 0.895. The molecule has 3 heteroatoms. The van der Waals surface area contributed by atoms with Crippen molar-refractivity contribution in [3.8, 4) is 5.75 Å². The normalized spacial score (nSPS) is 12.2. The van der Waals surface area contributed by atoms with E-state index in [-0.39, 0.29) is 5.92 Å². The lowest BCUT2D eigenvalue weighted by atomic mass is 10.0. The number of aldehydes is 1. The van der Waals surface area contributed by atoms with Crippen molar-refractivity contribution in [3.63, 3.8) is 0 Å². The fourth-order valence-electron chi connectivity index (χ4n) is 1.24. The van der Waals surface area contributed by atoms with E-state index in [2.05, 4.69) is 0 Å². The zero-order valence-electron chi connectivity index (χ0n) is 8.29. The van der Waals surface area contributed by atoms with Crippen LogP contribution in [0.5, 0.6) is 5.75 Å². The van der Waals surface area contributed by atoms with Gasteiger partial charge in [-0.3, -0.25) is 0 Å². The van der Waals surface area contributed by atoms with E-state index in [4.69, 9.17) is 16.3 Å². The summed E-state index contributed by atoms with van der Waals surface area (Å²) < 4.78 is 5.40.